The second-order valence-corrected chi connectivity index (χ2v) is 7.04. The molecule has 24 heavy (non-hydrogen) atoms. The molecular weight excluding hydrogens is 336 g/mol. The summed E-state index contributed by atoms with van der Waals surface area (Å²) in [4.78, 5) is 24.8. The Hall–Kier alpha value is -2.49. The number of sulfonamides is 1. The summed E-state index contributed by atoms with van der Waals surface area (Å²) in [5.74, 6) is 0. The van der Waals surface area contributed by atoms with Crippen LogP contribution in [0.2, 0.25) is 0 Å². The minimum absolute atomic E-state index is 0.280. The van der Waals surface area contributed by atoms with Gasteiger partial charge in [-0.2, -0.15) is 0 Å². The number of cyclic esters (lactones) is 1. The normalized spacial score (nSPS) is 14.7. The summed E-state index contributed by atoms with van der Waals surface area (Å²) in [5, 5.41) is 5.23. The van der Waals surface area contributed by atoms with E-state index in [9.17, 15) is 18.0 Å². The molecule has 1 aromatic rings. The van der Waals surface area contributed by atoms with Crippen LogP contribution in [0.25, 0.3) is 0 Å². The lowest BCUT2D eigenvalue weighted by Crippen LogP contribution is -2.43. The fraction of sp³-hybridized carbons (Fsp3) is 0.429. The zero-order chi connectivity index (χ0) is 17.6. The van der Waals surface area contributed by atoms with Crippen molar-refractivity contribution >= 4 is 33.5 Å². The molecule has 1 fully saturated rings. The summed E-state index contributed by atoms with van der Waals surface area (Å²) in [6.07, 6.45) is 1.45. The topological polar surface area (TPSA) is 117 Å². The third kappa shape index (κ3) is 5.95. The highest BCUT2D eigenvalue weighted by atomic mass is 32.2. The minimum Gasteiger partial charge on any atom is -0.449 e. The maximum absolute atomic E-state index is 11.8. The van der Waals surface area contributed by atoms with Gasteiger partial charge in [-0.05, 0) is 24.6 Å². The third-order valence-corrected chi connectivity index (χ3v) is 3.75. The third-order valence-electron chi connectivity index (χ3n) is 3.15. The molecule has 1 aromatic carbocycles. The second-order valence-electron chi connectivity index (χ2n) is 5.29. The van der Waals surface area contributed by atoms with E-state index in [1.807, 2.05) is 0 Å². The fourth-order valence-electron chi connectivity index (χ4n) is 2.15. The average molecular weight is 356 g/mol. The van der Waals surface area contributed by atoms with E-state index in [0.717, 1.165) is 12.7 Å². The Kier molecular flexibility index (Phi) is 5.85. The lowest BCUT2D eigenvalue weighted by atomic mass is 10.3. The van der Waals surface area contributed by atoms with Crippen LogP contribution in [0.1, 0.15) is 6.42 Å². The molecule has 1 saturated heterocycles. The average Bonchev–Trinajstić information content (AvgIpc) is 2.48. The van der Waals surface area contributed by atoms with E-state index in [1.165, 1.54) is 11.0 Å². The number of ether oxygens (including phenoxy) is 1. The van der Waals surface area contributed by atoms with Crippen molar-refractivity contribution in [1.29, 1.82) is 0 Å². The van der Waals surface area contributed by atoms with Crippen molar-refractivity contribution in [2.24, 2.45) is 0 Å². The molecule has 1 aliphatic rings. The molecule has 0 atom stereocenters. The van der Waals surface area contributed by atoms with Gasteiger partial charge in [0.05, 0.1) is 18.6 Å². The largest absolute Gasteiger partial charge is 0.449 e. The monoisotopic (exact) mass is 356 g/mol. The highest BCUT2D eigenvalue weighted by molar-refractivity contribution is 7.92. The number of benzene rings is 1. The van der Waals surface area contributed by atoms with Gasteiger partial charge in [-0.1, -0.05) is 6.07 Å². The van der Waals surface area contributed by atoms with Crippen LogP contribution in [0.5, 0.6) is 0 Å². The smallest absolute Gasteiger partial charge is 0.409 e. The van der Waals surface area contributed by atoms with Crippen LogP contribution >= 0.6 is 0 Å². The molecular formula is C14H20N4O5S. The number of amides is 3. The predicted octanol–water partition coefficient (Wildman–Crippen LogP) is 1.02. The van der Waals surface area contributed by atoms with E-state index in [-0.39, 0.29) is 12.6 Å². The fourth-order valence-corrected chi connectivity index (χ4v) is 2.71. The lowest BCUT2D eigenvalue weighted by Gasteiger charge is -2.26. The Bertz CT molecular complexity index is 707. The van der Waals surface area contributed by atoms with Crippen LogP contribution in [0.15, 0.2) is 24.3 Å². The molecule has 132 valence electrons. The van der Waals surface area contributed by atoms with Crippen molar-refractivity contribution in [1.82, 2.24) is 10.2 Å². The van der Waals surface area contributed by atoms with Gasteiger partial charge in [0.15, 0.2) is 0 Å². The lowest BCUT2D eigenvalue weighted by molar-refractivity contribution is 0.0736. The van der Waals surface area contributed by atoms with E-state index in [2.05, 4.69) is 15.4 Å². The van der Waals surface area contributed by atoms with Crippen molar-refractivity contribution < 1.29 is 22.7 Å². The van der Waals surface area contributed by atoms with E-state index in [0.29, 0.717) is 31.1 Å². The number of hydrogen-bond donors (Lipinski definition) is 3. The highest BCUT2D eigenvalue weighted by Gasteiger charge is 2.18. The number of rotatable bonds is 6. The standard InChI is InChI=1S/C14H20N4O5S/c1-24(21,22)17-12-5-2-4-11(10-12)16-13(19)15-6-8-18-7-3-9-23-14(18)20/h2,4-5,10,17H,3,6-9H2,1H3,(H2,15,16,19). The first-order chi connectivity index (χ1) is 11.3. The number of nitrogens with one attached hydrogen (secondary N) is 3. The minimum atomic E-state index is -3.38. The number of carbonyl (C=O) groups excluding carboxylic acids is 2. The van der Waals surface area contributed by atoms with E-state index >= 15 is 0 Å². The molecule has 1 heterocycles. The number of urea groups is 1. The molecule has 0 unspecified atom stereocenters. The van der Waals surface area contributed by atoms with Gasteiger partial charge < -0.3 is 20.3 Å². The number of anilines is 2. The van der Waals surface area contributed by atoms with Crippen molar-refractivity contribution in [3.8, 4) is 0 Å². The maximum Gasteiger partial charge on any atom is 0.409 e. The van der Waals surface area contributed by atoms with E-state index < -0.39 is 16.1 Å². The molecule has 1 aliphatic heterocycles. The zero-order valence-electron chi connectivity index (χ0n) is 13.2. The number of carbonyl (C=O) groups is 2. The number of hydrogen-bond acceptors (Lipinski definition) is 5. The van der Waals surface area contributed by atoms with Gasteiger partial charge in [0.2, 0.25) is 10.0 Å². The molecule has 3 amide bonds. The van der Waals surface area contributed by atoms with Crippen LogP contribution in [0.4, 0.5) is 21.0 Å². The molecule has 0 saturated carbocycles. The summed E-state index contributed by atoms with van der Waals surface area (Å²) in [6, 6.07) is 5.88. The van der Waals surface area contributed by atoms with Crippen molar-refractivity contribution in [3.05, 3.63) is 24.3 Å². The van der Waals surface area contributed by atoms with E-state index in [1.54, 1.807) is 18.2 Å². The highest BCUT2D eigenvalue weighted by Crippen LogP contribution is 2.15. The van der Waals surface area contributed by atoms with Gasteiger partial charge in [-0.15, -0.1) is 0 Å². The molecule has 0 bridgehead atoms. The summed E-state index contributed by atoms with van der Waals surface area (Å²) in [7, 11) is -3.38. The van der Waals surface area contributed by atoms with Gasteiger partial charge in [-0.3, -0.25) is 4.72 Å². The number of nitrogens with zero attached hydrogens (tertiary/aromatic N) is 1. The predicted molar refractivity (Wildman–Crippen MR) is 89.5 cm³/mol. The molecule has 3 N–H and O–H groups in total. The molecule has 0 aliphatic carbocycles. The van der Waals surface area contributed by atoms with Crippen molar-refractivity contribution in [2.45, 2.75) is 6.42 Å². The Morgan fingerprint density at radius 3 is 2.79 bits per heavy atom. The van der Waals surface area contributed by atoms with Crippen LogP contribution in [0, 0.1) is 0 Å². The maximum atomic E-state index is 11.8. The van der Waals surface area contributed by atoms with Crippen LogP contribution in [-0.2, 0) is 14.8 Å². The van der Waals surface area contributed by atoms with Crippen LogP contribution < -0.4 is 15.4 Å². The van der Waals surface area contributed by atoms with E-state index in [4.69, 9.17) is 4.74 Å². The summed E-state index contributed by atoms with van der Waals surface area (Å²) >= 11 is 0. The molecule has 0 spiro atoms. The van der Waals surface area contributed by atoms with Crippen LogP contribution in [-0.4, -0.2) is 57.9 Å². The Morgan fingerprint density at radius 1 is 1.33 bits per heavy atom. The van der Waals surface area contributed by atoms with Crippen LogP contribution in [0.3, 0.4) is 0 Å². The first-order valence-corrected chi connectivity index (χ1v) is 9.27. The quantitative estimate of drug-likeness (QED) is 0.704. The summed E-state index contributed by atoms with van der Waals surface area (Å²) < 4.78 is 29.6. The van der Waals surface area contributed by atoms with Gasteiger partial charge in [-0.25, -0.2) is 18.0 Å². The van der Waals surface area contributed by atoms with Crippen molar-refractivity contribution in [2.75, 3.05) is 42.5 Å². The van der Waals surface area contributed by atoms with Gasteiger partial charge >= 0.3 is 12.1 Å². The van der Waals surface area contributed by atoms with Gasteiger partial charge in [0.1, 0.15) is 0 Å². The molecule has 2 rings (SSSR count). The molecule has 0 aromatic heterocycles. The Labute approximate surface area is 140 Å². The summed E-state index contributed by atoms with van der Waals surface area (Å²) in [6.45, 7) is 1.69. The first kappa shape index (κ1) is 17.9. The Morgan fingerprint density at radius 2 is 2.08 bits per heavy atom. The first-order valence-electron chi connectivity index (χ1n) is 7.38. The molecule has 9 nitrogen and oxygen atoms in total. The van der Waals surface area contributed by atoms with Crippen molar-refractivity contribution in [3.63, 3.8) is 0 Å². The molecule has 10 heteroatoms. The zero-order valence-corrected chi connectivity index (χ0v) is 14.1. The van der Waals surface area contributed by atoms with Gasteiger partial charge in [0, 0.05) is 25.3 Å². The second kappa shape index (κ2) is 7.86. The summed E-state index contributed by atoms with van der Waals surface area (Å²) in [5.41, 5.74) is 0.796. The molecule has 0 radical (unpaired) electrons. The van der Waals surface area contributed by atoms with Gasteiger partial charge in [0.25, 0.3) is 0 Å². The Balaban J connectivity index is 1.79. The SMILES string of the molecule is CS(=O)(=O)Nc1cccc(NC(=O)NCCN2CCCOC2=O)c1.